The number of phenolic OH excluding ortho intramolecular Hbond substituents is 1. The Bertz CT molecular complexity index is 228. The lowest BCUT2D eigenvalue weighted by atomic mass is 10.3. The second-order valence-corrected chi connectivity index (χ2v) is 4.41. The minimum Gasteiger partial charge on any atom is -0.508 e. The van der Waals surface area contributed by atoms with Crippen molar-refractivity contribution in [3.05, 3.63) is 41.8 Å². The van der Waals surface area contributed by atoms with E-state index < -0.39 is 0 Å². The van der Waals surface area contributed by atoms with Crippen molar-refractivity contribution in [2.45, 2.75) is 0 Å². The summed E-state index contributed by atoms with van der Waals surface area (Å²) in [5, 5.41) is 10.7. The Balaban J connectivity index is 0.000000127. The summed E-state index contributed by atoms with van der Waals surface area (Å²) in [6.07, 6.45) is 2.16. The molecule has 1 heterocycles. The lowest BCUT2D eigenvalue weighted by Gasteiger charge is -1.82. The number of hydrogen-bond donors (Lipinski definition) is 1. The van der Waals surface area contributed by atoms with Crippen molar-refractivity contribution in [2.75, 3.05) is 5.75 Å². The van der Waals surface area contributed by atoms with Crippen molar-refractivity contribution in [1.82, 2.24) is 0 Å². The summed E-state index contributed by atoms with van der Waals surface area (Å²) in [6.45, 7) is 0. The molecule has 1 nitrogen and oxygen atoms in total. The van der Waals surface area contributed by atoms with Crippen LogP contribution >= 0.6 is 21.6 Å². The molecule has 0 amide bonds. The highest BCUT2D eigenvalue weighted by Crippen LogP contribution is 2.27. The molecule has 1 N–H and O–H groups in total. The lowest BCUT2D eigenvalue weighted by Crippen LogP contribution is -1.56. The van der Waals surface area contributed by atoms with E-state index in [0.717, 1.165) is 0 Å². The van der Waals surface area contributed by atoms with Crippen LogP contribution in [0, 0.1) is 0 Å². The molecule has 3 heteroatoms. The zero-order valence-corrected chi connectivity index (χ0v) is 8.15. The molecule has 0 saturated carbocycles. The molecule has 1 aliphatic heterocycles. The number of aromatic hydroxyl groups is 1. The van der Waals surface area contributed by atoms with E-state index in [4.69, 9.17) is 5.11 Å². The quantitative estimate of drug-likeness (QED) is 0.646. The number of phenols is 1. The maximum Gasteiger partial charge on any atom is 0.115 e. The van der Waals surface area contributed by atoms with E-state index in [9.17, 15) is 0 Å². The summed E-state index contributed by atoms with van der Waals surface area (Å²) in [5.74, 6) is 1.52. The molecule has 1 aromatic carbocycles. The normalized spacial score (nSPS) is 13.7. The van der Waals surface area contributed by atoms with Gasteiger partial charge in [-0.1, -0.05) is 45.9 Å². The topological polar surface area (TPSA) is 20.2 Å². The standard InChI is InChI=1S/C6H6O.C3H4S2/c7-6-4-2-1-3-5-6;1-2-4-5-3-1/h1-5,7H;1-2H,3H2. The van der Waals surface area contributed by atoms with Gasteiger partial charge in [0, 0.05) is 5.75 Å². The molecule has 0 aromatic heterocycles. The van der Waals surface area contributed by atoms with Crippen LogP contribution in [0.15, 0.2) is 41.8 Å². The molecule has 0 aliphatic carbocycles. The molecule has 64 valence electrons. The summed E-state index contributed by atoms with van der Waals surface area (Å²) in [6, 6.07) is 8.71. The molecule has 0 saturated heterocycles. The van der Waals surface area contributed by atoms with Crippen molar-refractivity contribution in [1.29, 1.82) is 0 Å². The summed E-state index contributed by atoms with van der Waals surface area (Å²) in [7, 11) is 3.69. The van der Waals surface area contributed by atoms with Crippen LogP contribution in [0.4, 0.5) is 0 Å². The van der Waals surface area contributed by atoms with Gasteiger partial charge in [0.05, 0.1) is 0 Å². The predicted molar refractivity (Wildman–Crippen MR) is 57.3 cm³/mol. The van der Waals surface area contributed by atoms with Gasteiger partial charge in [0.2, 0.25) is 0 Å². The molecule has 0 unspecified atom stereocenters. The van der Waals surface area contributed by atoms with E-state index in [0.29, 0.717) is 5.75 Å². The molecule has 0 radical (unpaired) electrons. The Morgan fingerprint density at radius 3 is 2.17 bits per heavy atom. The van der Waals surface area contributed by atoms with Crippen LogP contribution in [0.1, 0.15) is 0 Å². The van der Waals surface area contributed by atoms with Gasteiger partial charge >= 0.3 is 0 Å². The molecule has 0 atom stereocenters. The molecule has 1 aliphatic rings. The molecular weight excluding hydrogens is 188 g/mol. The third-order valence-electron chi connectivity index (χ3n) is 1.14. The first-order valence-corrected chi connectivity index (χ1v) is 5.95. The first kappa shape index (κ1) is 9.55. The summed E-state index contributed by atoms with van der Waals surface area (Å²) in [5.41, 5.74) is 0. The highest BCUT2D eigenvalue weighted by Gasteiger charge is 1.85. The largest absolute Gasteiger partial charge is 0.508 e. The fourth-order valence-corrected chi connectivity index (χ4v) is 2.20. The molecule has 2 rings (SSSR count). The third-order valence-corrected chi connectivity index (χ3v) is 3.06. The Hall–Kier alpha value is -0.540. The molecular formula is C9H10OS2. The molecule has 0 fully saturated rings. The van der Waals surface area contributed by atoms with Crippen LogP contribution < -0.4 is 0 Å². The number of hydrogen-bond acceptors (Lipinski definition) is 3. The molecule has 1 aromatic rings. The number of rotatable bonds is 0. The van der Waals surface area contributed by atoms with Crippen molar-refractivity contribution < 1.29 is 5.11 Å². The van der Waals surface area contributed by atoms with Crippen molar-refractivity contribution >= 4 is 21.6 Å². The minimum absolute atomic E-state index is 0.322. The third kappa shape index (κ3) is 4.36. The summed E-state index contributed by atoms with van der Waals surface area (Å²) < 4.78 is 0. The molecule has 0 bridgehead atoms. The van der Waals surface area contributed by atoms with Crippen LogP contribution in [-0.2, 0) is 0 Å². The van der Waals surface area contributed by atoms with Gasteiger partial charge in [0.15, 0.2) is 0 Å². The van der Waals surface area contributed by atoms with E-state index in [-0.39, 0.29) is 0 Å². The van der Waals surface area contributed by atoms with Crippen molar-refractivity contribution in [3.63, 3.8) is 0 Å². The first-order chi connectivity index (χ1) is 5.89. The minimum atomic E-state index is 0.322. The predicted octanol–water partition coefficient (Wildman–Crippen LogP) is 3.29. The van der Waals surface area contributed by atoms with Gasteiger partial charge < -0.3 is 5.11 Å². The van der Waals surface area contributed by atoms with Crippen LogP contribution in [0.2, 0.25) is 0 Å². The van der Waals surface area contributed by atoms with E-state index in [1.54, 1.807) is 24.3 Å². The fourth-order valence-electron chi connectivity index (χ4n) is 0.624. The highest BCUT2D eigenvalue weighted by molar-refractivity contribution is 8.78. The Kier molecular flexibility index (Phi) is 4.80. The maximum atomic E-state index is 8.63. The van der Waals surface area contributed by atoms with Gasteiger partial charge in [0.1, 0.15) is 5.75 Å². The first-order valence-electron chi connectivity index (χ1n) is 3.57. The summed E-state index contributed by atoms with van der Waals surface area (Å²) >= 11 is 0. The van der Waals surface area contributed by atoms with Crippen LogP contribution in [0.25, 0.3) is 0 Å². The van der Waals surface area contributed by atoms with Gasteiger partial charge in [-0.05, 0) is 17.5 Å². The second-order valence-electron chi connectivity index (χ2n) is 2.09. The molecule has 0 spiro atoms. The Morgan fingerprint density at radius 1 is 1.17 bits per heavy atom. The van der Waals surface area contributed by atoms with E-state index in [1.807, 2.05) is 27.7 Å². The zero-order valence-electron chi connectivity index (χ0n) is 6.51. The molecule has 12 heavy (non-hydrogen) atoms. The summed E-state index contributed by atoms with van der Waals surface area (Å²) in [4.78, 5) is 0. The van der Waals surface area contributed by atoms with Crippen molar-refractivity contribution in [3.8, 4) is 5.75 Å². The SMILES string of the molecule is C1=CSSC1.Oc1ccccc1. The monoisotopic (exact) mass is 198 g/mol. The fraction of sp³-hybridized carbons (Fsp3) is 0.111. The lowest BCUT2D eigenvalue weighted by molar-refractivity contribution is 0.475. The van der Waals surface area contributed by atoms with E-state index in [2.05, 4.69) is 11.5 Å². The second kappa shape index (κ2) is 6.03. The number of benzene rings is 1. The average molecular weight is 198 g/mol. The van der Waals surface area contributed by atoms with Gasteiger partial charge in [0.25, 0.3) is 0 Å². The van der Waals surface area contributed by atoms with Gasteiger partial charge in [-0.2, -0.15) is 0 Å². The van der Waals surface area contributed by atoms with Crippen LogP contribution in [0.3, 0.4) is 0 Å². The van der Waals surface area contributed by atoms with Crippen LogP contribution in [-0.4, -0.2) is 10.9 Å². The Morgan fingerprint density at radius 2 is 1.92 bits per heavy atom. The number of para-hydroxylation sites is 1. The van der Waals surface area contributed by atoms with Crippen LogP contribution in [0.5, 0.6) is 5.75 Å². The van der Waals surface area contributed by atoms with E-state index >= 15 is 0 Å². The Labute approximate surface area is 80.3 Å². The smallest absolute Gasteiger partial charge is 0.115 e. The van der Waals surface area contributed by atoms with Crippen molar-refractivity contribution in [2.24, 2.45) is 0 Å². The van der Waals surface area contributed by atoms with Gasteiger partial charge in [-0.25, -0.2) is 0 Å². The van der Waals surface area contributed by atoms with E-state index in [1.165, 1.54) is 5.75 Å². The zero-order chi connectivity index (χ0) is 8.65. The van der Waals surface area contributed by atoms with Gasteiger partial charge in [-0.15, -0.1) is 0 Å². The highest BCUT2D eigenvalue weighted by atomic mass is 33.1. The maximum absolute atomic E-state index is 8.63. The van der Waals surface area contributed by atoms with Gasteiger partial charge in [-0.3, -0.25) is 0 Å². The average Bonchev–Trinajstić information content (AvgIpc) is 2.62.